The summed E-state index contributed by atoms with van der Waals surface area (Å²) in [5.41, 5.74) is 0. The third kappa shape index (κ3) is 0.886. The monoisotopic (exact) mass is 168 g/mol. The normalized spacial score (nSPS) is 38.8. The van der Waals surface area contributed by atoms with Crippen molar-refractivity contribution < 1.29 is 14.3 Å². The summed E-state index contributed by atoms with van der Waals surface area (Å²) in [6.07, 6.45) is 2.52. The molecule has 2 aliphatic carbocycles. The number of methoxy groups -OCH3 is 1. The first-order valence-electron chi connectivity index (χ1n) is 4.34. The Morgan fingerprint density at radius 3 is 2.92 bits per heavy atom. The maximum absolute atomic E-state index is 11.3. The van der Waals surface area contributed by atoms with Crippen molar-refractivity contribution in [1.82, 2.24) is 0 Å². The van der Waals surface area contributed by atoms with Crippen LogP contribution in [0.3, 0.4) is 0 Å². The Hall–Kier alpha value is -0.860. The highest BCUT2D eigenvalue weighted by molar-refractivity contribution is 5.90. The maximum Gasteiger partial charge on any atom is 0.309 e. The summed E-state index contributed by atoms with van der Waals surface area (Å²) >= 11 is 0. The highest BCUT2D eigenvalue weighted by Crippen LogP contribution is 2.49. The van der Waals surface area contributed by atoms with Gasteiger partial charge < -0.3 is 4.74 Å². The fraction of sp³-hybridized carbons (Fsp3) is 0.778. The average molecular weight is 168 g/mol. The molecule has 0 unspecified atom stereocenters. The molecule has 0 aromatic rings. The van der Waals surface area contributed by atoms with Gasteiger partial charge in [0.15, 0.2) is 0 Å². The van der Waals surface area contributed by atoms with E-state index < -0.39 is 0 Å². The number of rotatable bonds is 1. The molecule has 0 radical (unpaired) electrons. The number of ketones is 1. The van der Waals surface area contributed by atoms with E-state index in [9.17, 15) is 9.59 Å². The lowest BCUT2D eigenvalue weighted by Gasteiger charge is -2.36. The summed E-state index contributed by atoms with van der Waals surface area (Å²) in [7, 11) is 1.38. The quantitative estimate of drug-likeness (QED) is 0.543. The summed E-state index contributed by atoms with van der Waals surface area (Å²) in [4.78, 5) is 22.4. The van der Waals surface area contributed by atoms with Gasteiger partial charge in [-0.25, -0.2) is 0 Å². The van der Waals surface area contributed by atoms with Crippen LogP contribution in [0.2, 0.25) is 0 Å². The van der Waals surface area contributed by atoms with Gasteiger partial charge in [0.25, 0.3) is 0 Å². The van der Waals surface area contributed by atoms with Gasteiger partial charge >= 0.3 is 5.97 Å². The predicted octanol–water partition coefficient (Wildman–Crippen LogP) is 0.775. The molecule has 0 bridgehead atoms. The van der Waals surface area contributed by atoms with Crippen LogP contribution in [0.4, 0.5) is 0 Å². The Morgan fingerprint density at radius 2 is 2.33 bits per heavy atom. The Bertz CT molecular complexity index is 234. The Kier molecular flexibility index (Phi) is 1.67. The van der Waals surface area contributed by atoms with Crippen molar-refractivity contribution in [1.29, 1.82) is 0 Å². The minimum absolute atomic E-state index is 0.0115. The van der Waals surface area contributed by atoms with E-state index in [0.717, 1.165) is 12.8 Å². The molecule has 0 saturated heterocycles. The highest BCUT2D eigenvalue weighted by Gasteiger charge is 2.52. The van der Waals surface area contributed by atoms with Gasteiger partial charge in [-0.2, -0.15) is 0 Å². The molecule has 12 heavy (non-hydrogen) atoms. The number of hydrogen-bond acceptors (Lipinski definition) is 3. The summed E-state index contributed by atoms with van der Waals surface area (Å²) in [6.45, 7) is 0. The van der Waals surface area contributed by atoms with E-state index >= 15 is 0 Å². The van der Waals surface area contributed by atoms with Crippen LogP contribution in [-0.4, -0.2) is 18.9 Å². The largest absolute Gasteiger partial charge is 0.469 e. The molecule has 2 saturated carbocycles. The molecule has 3 nitrogen and oxygen atoms in total. The van der Waals surface area contributed by atoms with Gasteiger partial charge in [0, 0.05) is 12.3 Å². The van der Waals surface area contributed by atoms with Crippen LogP contribution in [0.1, 0.15) is 19.3 Å². The molecule has 0 spiro atoms. The lowest BCUT2D eigenvalue weighted by molar-refractivity contribution is -0.156. The Balaban J connectivity index is 2.05. The van der Waals surface area contributed by atoms with Gasteiger partial charge in [-0.15, -0.1) is 0 Å². The summed E-state index contributed by atoms with van der Waals surface area (Å²) < 4.78 is 4.62. The number of fused-ring (bicyclic) bond motifs is 1. The molecular formula is C9H12O3. The lowest BCUT2D eigenvalue weighted by Crippen LogP contribution is -2.42. The molecule has 3 atom stereocenters. The van der Waals surface area contributed by atoms with Crippen LogP contribution in [0.15, 0.2) is 0 Å². The zero-order chi connectivity index (χ0) is 8.72. The van der Waals surface area contributed by atoms with E-state index in [4.69, 9.17) is 0 Å². The standard InChI is InChI=1S/C9H12O3/c1-12-9(11)6-4-5-2-3-7(10)8(5)6/h5-6,8H,2-4H2,1H3/t5-,6+,8-/m0/s1. The number of hydrogen-bond donors (Lipinski definition) is 0. The van der Waals surface area contributed by atoms with Crippen molar-refractivity contribution in [3.63, 3.8) is 0 Å². The molecule has 0 aliphatic heterocycles. The van der Waals surface area contributed by atoms with E-state index in [2.05, 4.69) is 4.74 Å². The number of carbonyl (C=O) groups is 2. The maximum atomic E-state index is 11.3. The van der Waals surface area contributed by atoms with Crippen LogP contribution in [0, 0.1) is 17.8 Å². The second-order valence-electron chi connectivity index (χ2n) is 3.66. The molecule has 2 aliphatic rings. The molecule has 0 heterocycles. The third-order valence-electron chi connectivity index (χ3n) is 3.14. The fourth-order valence-electron chi connectivity index (χ4n) is 2.43. The first kappa shape index (κ1) is 7.77. The number of ether oxygens (including phenoxy) is 1. The Morgan fingerprint density at radius 1 is 1.58 bits per heavy atom. The molecule has 0 aromatic carbocycles. The van der Waals surface area contributed by atoms with Crippen LogP contribution < -0.4 is 0 Å². The van der Waals surface area contributed by atoms with Gasteiger partial charge in [0.2, 0.25) is 0 Å². The summed E-state index contributed by atoms with van der Waals surface area (Å²) in [5, 5.41) is 0. The minimum atomic E-state index is -0.202. The van der Waals surface area contributed by atoms with Gasteiger partial charge in [-0.1, -0.05) is 0 Å². The van der Waals surface area contributed by atoms with Crippen molar-refractivity contribution in [3.8, 4) is 0 Å². The number of carbonyl (C=O) groups excluding carboxylic acids is 2. The van der Waals surface area contributed by atoms with Crippen LogP contribution >= 0.6 is 0 Å². The number of Topliss-reactive ketones (excluding diaryl/α,β-unsaturated/α-hetero) is 1. The highest BCUT2D eigenvalue weighted by atomic mass is 16.5. The van der Waals surface area contributed by atoms with E-state index in [1.165, 1.54) is 7.11 Å². The van der Waals surface area contributed by atoms with Crippen LogP contribution in [0.25, 0.3) is 0 Å². The van der Waals surface area contributed by atoms with E-state index in [1.807, 2.05) is 0 Å². The van der Waals surface area contributed by atoms with E-state index in [-0.39, 0.29) is 23.6 Å². The zero-order valence-corrected chi connectivity index (χ0v) is 7.08. The van der Waals surface area contributed by atoms with Crippen LogP contribution in [0.5, 0.6) is 0 Å². The van der Waals surface area contributed by atoms with Gasteiger partial charge in [-0.3, -0.25) is 9.59 Å². The molecule has 3 heteroatoms. The molecule has 2 rings (SSSR count). The van der Waals surface area contributed by atoms with Crippen molar-refractivity contribution in [2.24, 2.45) is 17.8 Å². The lowest BCUT2D eigenvalue weighted by atomic mass is 9.66. The SMILES string of the molecule is COC(=O)[C@@H]1C[C@@H]2CCC(=O)[C@@H]21. The van der Waals surface area contributed by atoms with Crippen LogP contribution in [-0.2, 0) is 14.3 Å². The van der Waals surface area contributed by atoms with Gasteiger partial charge in [0.05, 0.1) is 13.0 Å². The third-order valence-corrected chi connectivity index (χ3v) is 3.14. The van der Waals surface area contributed by atoms with Crippen molar-refractivity contribution in [3.05, 3.63) is 0 Å². The second-order valence-corrected chi connectivity index (χ2v) is 3.66. The number of esters is 1. The van der Waals surface area contributed by atoms with E-state index in [0.29, 0.717) is 12.3 Å². The van der Waals surface area contributed by atoms with E-state index in [1.54, 1.807) is 0 Å². The van der Waals surface area contributed by atoms with Gasteiger partial charge in [0.1, 0.15) is 5.78 Å². The van der Waals surface area contributed by atoms with Crippen molar-refractivity contribution in [2.75, 3.05) is 7.11 Å². The van der Waals surface area contributed by atoms with Gasteiger partial charge in [-0.05, 0) is 18.8 Å². The molecule has 66 valence electrons. The van der Waals surface area contributed by atoms with Crippen molar-refractivity contribution in [2.45, 2.75) is 19.3 Å². The molecule has 0 aromatic heterocycles. The molecule has 2 fully saturated rings. The second kappa shape index (κ2) is 2.57. The first-order valence-corrected chi connectivity index (χ1v) is 4.34. The predicted molar refractivity (Wildman–Crippen MR) is 41.3 cm³/mol. The Labute approximate surface area is 71.1 Å². The zero-order valence-electron chi connectivity index (χ0n) is 7.08. The smallest absolute Gasteiger partial charge is 0.309 e. The average Bonchev–Trinajstić information content (AvgIpc) is 2.26. The molecule has 0 amide bonds. The summed E-state index contributed by atoms with van der Waals surface area (Å²) in [5.74, 6) is 0.446. The topological polar surface area (TPSA) is 43.4 Å². The molecule has 0 N–H and O–H groups in total. The summed E-state index contributed by atoms with van der Waals surface area (Å²) in [6, 6.07) is 0. The minimum Gasteiger partial charge on any atom is -0.469 e. The molecular weight excluding hydrogens is 156 g/mol. The van der Waals surface area contributed by atoms with Crippen molar-refractivity contribution >= 4 is 11.8 Å². The first-order chi connectivity index (χ1) is 5.74. The fourth-order valence-corrected chi connectivity index (χ4v) is 2.43.